The van der Waals surface area contributed by atoms with Crippen molar-refractivity contribution in [1.82, 2.24) is 29.4 Å². The van der Waals surface area contributed by atoms with Crippen molar-refractivity contribution in [3.63, 3.8) is 0 Å². The molecule has 11 heteroatoms. The molecule has 0 spiro atoms. The zero-order valence-corrected chi connectivity index (χ0v) is 15.2. The average molecular weight is 403 g/mol. The molecule has 0 aliphatic rings. The van der Waals surface area contributed by atoms with Crippen molar-refractivity contribution in [2.75, 3.05) is 5.75 Å². The maximum Gasteiger partial charge on any atom is 0.327 e. The highest BCUT2D eigenvalue weighted by atomic mass is 35.5. The van der Waals surface area contributed by atoms with Crippen LogP contribution in [0.1, 0.15) is 6.04 Å². The molecule has 1 atom stereocenters. The molecule has 4 aromatic rings. The lowest BCUT2D eigenvalue weighted by atomic mass is 10.1. The molecule has 3 aromatic heterocycles. The van der Waals surface area contributed by atoms with E-state index in [1.807, 2.05) is 12.1 Å². The van der Waals surface area contributed by atoms with Gasteiger partial charge in [-0.15, -0.1) is 10.2 Å². The molecule has 3 heterocycles. The molecule has 4 rings (SSSR count). The molecule has 27 heavy (non-hydrogen) atoms. The second-order valence-electron chi connectivity index (χ2n) is 5.67. The number of hydrogen-bond acceptors (Lipinski definition) is 7. The van der Waals surface area contributed by atoms with E-state index in [9.17, 15) is 14.7 Å². The van der Waals surface area contributed by atoms with Crippen LogP contribution in [0.3, 0.4) is 0 Å². The van der Waals surface area contributed by atoms with E-state index in [1.165, 1.54) is 4.52 Å². The SMILES string of the molecule is O=C(O)C(CS)n1cnc2c(nnc3c(-c4ccc(Cl)cc4)cnn32)c1=O. The molecule has 0 aliphatic carbocycles. The second kappa shape index (κ2) is 6.63. The van der Waals surface area contributed by atoms with Crippen molar-refractivity contribution in [1.29, 1.82) is 0 Å². The van der Waals surface area contributed by atoms with Crippen LogP contribution in [0, 0.1) is 0 Å². The standard InChI is InChI=1S/C16H11ClN6O3S/c17-9-3-1-8(2-4-9)10-5-19-23-13(10)21-20-12-14(23)18-7-22(15(12)24)11(6-27)16(25)26/h1-5,7,11,27H,6H2,(H,25,26). The number of halogens is 1. The summed E-state index contributed by atoms with van der Waals surface area (Å²) in [6, 6.07) is 5.98. The van der Waals surface area contributed by atoms with Gasteiger partial charge in [-0.05, 0) is 17.7 Å². The number of thiol groups is 1. The summed E-state index contributed by atoms with van der Waals surface area (Å²) in [5.74, 6) is -1.26. The molecule has 0 saturated heterocycles. The zero-order chi connectivity index (χ0) is 19.1. The summed E-state index contributed by atoms with van der Waals surface area (Å²) in [6.45, 7) is 0. The van der Waals surface area contributed by atoms with E-state index >= 15 is 0 Å². The van der Waals surface area contributed by atoms with Crippen LogP contribution in [0.2, 0.25) is 5.02 Å². The van der Waals surface area contributed by atoms with Crippen molar-refractivity contribution in [3.05, 3.63) is 52.2 Å². The van der Waals surface area contributed by atoms with E-state index in [4.69, 9.17) is 11.6 Å². The molecule has 0 saturated carbocycles. The van der Waals surface area contributed by atoms with E-state index in [2.05, 4.69) is 32.9 Å². The maximum absolute atomic E-state index is 12.7. The fraction of sp³-hybridized carbons (Fsp3) is 0.125. The molecular formula is C16H11ClN6O3S. The molecule has 136 valence electrons. The quantitative estimate of drug-likeness (QED) is 0.499. The van der Waals surface area contributed by atoms with Gasteiger partial charge in [0.05, 0.1) is 6.20 Å². The number of carboxylic acids is 1. The maximum atomic E-state index is 12.7. The second-order valence-corrected chi connectivity index (χ2v) is 6.47. The first-order chi connectivity index (χ1) is 13.0. The van der Waals surface area contributed by atoms with Crippen LogP contribution in [0.25, 0.3) is 27.9 Å². The Kier molecular flexibility index (Phi) is 4.28. The molecule has 9 nitrogen and oxygen atoms in total. The van der Waals surface area contributed by atoms with Crippen LogP contribution in [0.4, 0.5) is 0 Å². The number of fused-ring (bicyclic) bond motifs is 3. The Balaban J connectivity index is 1.93. The van der Waals surface area contributed by atoms with Gasteiger partial charge >= 0.3 is 5.97 Å². The molecule has 1 N–H and O–H groups in total. The fourth-order valence-electron chi connectivity index (χ4n) is 2.72. The van der Waals surface area contributed by atoms with Gasteiger partial charge in [0.25, 0.3) is 5.56 Å². The van der Waals surface area contributed by atoms with E-state index in [1.54, 1.807) is 18.3 Å². The number of hydrogen-bond donors (Lipinski definition) is 2. The minimum atomic E-state index is -1.19. The topological polar surface area (TPSA) is 115 Å². The summed E-state index contributed by atoms with van der Waals surface area (Å²) in [5, 5.41) is 22.2. The van der Waals surface area contributed by atoms with Gasteiger partial charge in [-0.1, -0.05) is 23.7 Å². The van der Waals surface area contributed by atoms with Crippen molar-refractivity contribution < 1.29 is 9.90 Å². The van der Waals surface area contributed by atoms with Gasteiger partial charge in [0.2, 0.25) is 0 Å². The Bertz CT molecular complexity index is 1240. The van der Waals surface area contributed by atoms with Crippen LogP contribution < -0.4 is 5.56 Å². The third-order valence-electron chi connectivity index (χ3n) is 4.09. The molecule has 0 fully saturated rings. The third kappa shape index (κ3) is 2.82. The van der Waals surface area contributed by atoms with Crippen LogP contribution >= 0.6 is 24.2 Å². The Morgan fingerprint density at radius 2 is 1.96 bits per heavy atom. The fourth-order valence-corrected chi connectivity index (χ4v) is 3.18. The number of aromatic nitrogens is 6. The lowest BCUT2D eigenvalue weighted by Gasteiger charge is -2.12. The van der Waals surface area contributed by atoms with Gasteiger partial charge in [-0.3, -0.25) is 9.36 Å². The van der Waals surface area contributed by atoms with Crippen LogP contribution in [-0.4, -0.2) is 46.2 Å². The summed E-state index contributed by atoms with van der Waals surface area (Å²) in [6.07, 6.45) is 2.75. The lowest BCUT2D eigenvalue weighted by molar-refractivity contribution is -0.140. The summed E-state index contributed by atoms with van der Waals surface area (Å²) in [4.78, 5) is 28.2. The molecule has 0 radical (unpaired) electrons. The number of carbonyl (C=O) groups is 1. The number of aliphatic carboxylic acids is 1. The van der Waals surface area contributed by atoms with Crippen molar-refractivity contribution in [2.24, 2.45) is 0 Å². The average Bonchev–Trinajstić information content (AvgIpc) is 3.09. The zero-order valence-electron chi connectivity index (χ0n) is 13.5. The predicted octanol–water partition coefficient (Wildman–Crippen LogP) is 1.71. The highest BCUT2D eigenvalue weighted by molar-refractivity contribution is 7.80. The van der Waals surface area contributed by atoms with E-state index in [0.29, 0.717) is 16.2 Å². The van der Waals surface area contributed by atoms with Gasteiger partial charge in [-0.25, -0.2) is 9.78 Å². The molecule has 0 amide bonds. The minimum Gasteiger partial charge on any atom is -0.480 e. The van der Waals surface area contributed by atoms with Gasteiger partial charge in [-0.2, -0.15) is 22.2 Å². The van der Waals surface area contributed by atoms with Crippen molar-refractivity contribution >= 4 is 47.0 Å². The number of rotatable bonds is 4. The van der Waals surface area contributed by atoms with Crippen LogP contribution in [-0.2, 0) is 4.79 Å². The highest BCUT2D eigenvalue weighted by Crippen LogP contribution is 2.25. The summed E-state index contributed by atoms with van der Waals surface area (Å²) < 4.78 is 2.37. The smallest absolute Gasteiger partial charge is 0.327 e. The van der Waals surface area contributed by atoms with Gasteiger partial charge in [0.15, 0.2) is 16.8 Å². The summed E-state index contributed by atoms with van der Waals surface area (Å²) >= 11 is 9.90. The molecule has 1 unspecified atom stereocenters. The predicted molar refractivity (Wildman–Crippen MR) is 101 cm³/mol. The van der Waals surface area contributed by atoms with E-state index < -0.39 is 17.6 Å². The lowest BCUT2D eigenvalue weighted by Crippen LogP contribution is -2.32. The van der Waals surface area contributed by atoms with Gasteiger partial charge < -0.3 is 5.11 Å². The minimum absolute atomic E-state index is 0.0689. The summed E-state index contributed by atoms with van der Waals surface area (Å²) in [5.41, 5.74) is 1.43. The normalized spacial score (nSPS) is 12.5. The first-order valence-electron chi connectivity index (χ1n) is 7.72. The largest absolute Gasteiger partial charge is 0.480 e. The number of nitrogens with zero attached hydrogens (tertiary/aromatic N) is 6. The van der Waals surface area contributed by atoms with E-state index in [0.717, 1.165) is 16.5 Å². The Morgan fingerprint density at radius 1 is 1.22 bits per heavy atom. The molecule has 0 bridgehead atoms. The monoisotopic (exact) mass is 402 g/mol. The first kappa shape index (κ1) is 17.4. The summed E-state index contributed by atoms with van der Waals surface area (Å²) in [7, 11) is 0. The first-order valence-corrected chi connectivity index (χ1v) is 8.73. The molecule has 1 aromatic carbocycles. The third-order valence-corrected chi connectivity index (χ3v) is 4.69. The van der Waals surface area contributed by atoms with Gasteiger partial charge in [0, 0.05) is 16.3 Å². The Labute approximate surface area is 161 Å². The van der Waals surface area contributed by atoms with Crippen molar-refractivity contribution in [2.45, 2.75) is 6.04 Å². The van der Waals surface area contributed by atoms with Crippen molar-refractivity contribution in [3.8, 4) is 11.1 Å². The number of carboxylic acid groups (broad SMARTS) is 1. The molecule has 0 aliphatic heterocycles. The highest BCUT2D eigenvalue weighted by Gasteiger charge is 2.22. The van der Waals surface area contributed by atoms with Gasteiger partial charge in [0.1, 0.15) is 12.4 Å². The number of benzene rings is 1. The van der Waals surface area contributed by atoms with E-state index in [-0.39, 0.29) is 16.9 Å². The van der Waals surface area contributed by atoms with Crippen LogP contribution in [0.5, 0.6) is 0 Å². The Hall–Kier alpha value is -2.98. The van der Waals surface area contributed by atoms with Crippen LogP contribution in [0.15, 0.2) is 41.6 Å². The Morgan fingerprint density at radius 3 is 2.63 bits per heavy atom. The molecular weight excluding hydrogens is 392 g/mol.